The number of carbonyl (C=O) groups is 1. The number of benzene rings is 1. The van der Waals surface area contributed by atoms with E-state index < -0.39 is 0 Å². The number of amides is 1. The van der Waals surface area contributed by atoms with Gasteiger partial charge in [-0.3, -0.25) is 4.79 Å². The number of aryl methyl sites for hydroxylation is 2. The number of aromatic nitrogens is 2. The highest BCUT2D eigenvalue weighted by Gasteiger charge is 2.53. The lowest BCUT2D eigenvalue weighted by atomic mass is 9.49. The van der Waals surface area contributed by atoms with Gasteiger partial charge in [0.1, 0.15) is 15.7 Å². The average Bonchev–Trinajstić information content (AvgIpc) is 3.48. The molecule has 3 aromatic rings. The van der Waals surface area contributed by atoms with Gasteiger partial charge in [0.2, 0.25) is 5.91 Å². The Morgan fingerprint density at radius 2 is 1.75 bits per heavy atom. The van der Waals surface area contributed by atoms with Crippen LogP contribution in [0.4, 0.5) is 5.69 Å². The number of hydrogen-bond donors (Lipinski definition) is 0. The molecule has 1 aromatic carbocycles. The molecule has 4 nitrogen and oxygen atoms in total. The normalized spacial score (nSPS) is 30.1. The van der Waals surface area contributed by atoms with E-state index in [1.165, 1.54) is 84.0 Å². The van der Waals surface area contributed by atoms with Crippen LogP contribution in [0.2, 0.25) is 0 Å². The first-order valence-corrected chi connectivity index (χ1v) is 15.8. The van der Waals surface area contributed by atoms with Gasteiger partial charge in [-0.2, -0.15) is 0 Å². The van der Waals surface area contributed by atoms with Crippen LogP contribution in [-0.4, -0.2) is 28.2 Å². The number of para-hydroxylation sites is 1. The van der Waals surface area contributed by atoms with Gasteiger partial charge in [0.25, 0.3) is 0 Å². The van der Waals surface area contributed by atoms with Crippen LogP contribution in [0.15, 0.2) is 29.3 Å². The van der Waals surface area contributed by atoms with Crippen LogP contribution in [-0.2, 0) is 29.5 Å². The van der Waals surface area contributed by atoms with Gasteiger partial charge in [-0.1, -0.05) is 30.0 Å². The van der Waals surface area contributed by atoms with Crippen molar-refractivity contribution in [2.24, 2.45) is 17.8 Å². The fourth-order valence-electron chi connectivity index (χ4n) is 8.66. The standard InChI is InChI=1S/C30H33N3OS2/c34-25(33-10-9-21-5-1-3-7-23(21)33)17-35-27-26-22-6-2-4-8-24(22)36-28(26)32-29(31-27)30-14-18-11-19(15-30)13-20(12-18)16-30/h1,3,5,7,18-20H,2,4,6,8-17H2. The Morgan fingerprint density at radius 1 is 1.00 bits per heavy atom. The van der Waals surface area contributed by atoms with Crippen molar-refractivity contribution in [2.75, 3.05) is 17.2 Å². The van der Waals surface area contributed by atoms with Crippen molar-refractivity contribution >= 4 is 44.9 Å². The Balaban J connectivity index is 1.16. The quantitative estimate of drug-likeness (QED) is 0.286. The first-order valence-electron chi connectivity index (χ1n) is 14.0. The Kier molecular flexibility index (Phi) is 5.09. The smallest absolute Gasteiger partial charge is 0.237 e. The maximum absolute atomic E-state index is 13.4. The van der Waals surface area contributed by atoms with Crippen molar-refractivity contribution in [3.05, 3.63) is 46.1 Å². The second kappa shape index (κ2) is 8.29. The summed E-state index contributed by atoms with van der Waals surface area (Å²) in [6.07, 6.45) is 13.9. The molecular formula is C30H33N3OS2. The van der Waals surface area contributed by atoms with Crippen molar-refractivity contribution in [3.8, 4) is 0 Å². The molecule has 186 valence electrons. The van der Waals surface area contributed by atoms with Crippen LogP contribution in [0.5, 0.6) is 0 Å². The van der Waals surface area contributed by atoms with Crippen molar-refractivity contribution < 1.29 is 4.79 Å². The summed E-state index contributed by atoms with van der Waals surface area (Å²) in [5.41, 5.74) is 4.05. The zero-order valence-electron chi connectivity index (χ0n) is 20.8. The number of fused-ring (bicyclic) bond motifs is 4. The maximum Gasteiger partial charge on any atom is 0.237 e. The molecule has 1 aliphatic heterocycles. The summed E-state index contributed by atoms with van der Waals surface area (Å²) >= 11 is 3.60. The van der Waals surface area contributed by atoms with Gasteiger partial charge >= 0.3 is 0 Å². The molecule has 9 rings (SSSR count). The highest BCUT2D eigenvalue weighted by molar-refractivity contribution is 8.00. The lowest BCUT2D eigenvalue weighted by molar-refractivity contribution is -0.116. The summed E-state index contributed by atoms with van der Waals surface area (Å²) in [6.45, 7) is 0.796. The predicted octanol–water partition coefficient (Wildman–Crippen LogP) is 6.72. The Labute approximate surface area is 221 Å². The molecule has 3 heterocycles. The molecule has 4 saturated carbocycles. The zero-order valence-corrected chi connectivity index (χ0v) is 22.4. The first kappa shape index (κ1) is 22.1. The second-order valence-electron chi connectivity index (χ2n) is 12.2. The van der Waals surface area contributed by atoms with E-state index in [1.54, 1.807) is 11.8 Å². The third kappa shape index (κ3) is 3.43. The molecule has 0 unspecified atom stereocenters. The summed E-state index contributed by atoms with van der Waals surface area (Å²) < 4.78 is 0. The van der Waals surface area contributed by atoms with Crippen LogP contribution in [0, 0.1) is 17.8 Å². The summed E-state index contributed by atoms with van der Waals surface area (Å²) in [5.74, 6) is 4.40. The molecule has 4 fully saturated rings. The predicted molar refractivity (Wildman–Crippen MR) is 147 cm³/mol. The largest absolute Gasteiger partial charge is 0.311 e. The summed E-state index contributed by atoms with van der Waals surface area (Å²) in [5, 5.41) is 2.37. The molecule has 0 N–H and O–H groups in total. The number of hydrogen-bond acceptors (Lipinski definition) is 5. The van der Waals surface area contributed by atoms with Gasteiger partial charge in [0.05, 0.1) is 5.75 Å². The average molecular weight is 516 g/mol. The minimum atomic E-state index is 0.181. The van der Waals surface area contributed by atoms with Crippen molar-refractivity contribution in [2.45, 2.75) is 81.1 Å². The third-order valence-corrected chi connectivity index (χ3v) is 12.0. The van der Waals surface area contributed by atoms with Crippen LogP contribution in [0.25, 0.3) is 10.2 Å². The van der Waals surface area contributed by atoms with Gasteiger partial charge in [-0.25, -0.2) is 9.97 Å². The van der Waals surface area contributed by atoms with Crippen molar-refractivity contribution in [1.29, 1.82) is 0 Å². The molecule has 1 amide bonds. The van der Waals surface area contributed by atoms with Gasteiger partial charge in [-0.15, -0.1) is 11.3 Å². The fraction of sp³-hybridized carbons (Fsp3) is 0.567. The number of rotatable bonds is 4. The van der Waals surface area contributed by atoms with E-state index in [-0.39, 0.29) is 11.3 Å². The lowest BCUT2D eigenvalue weighted by Crippen LogP contribution is -2.49. The molecule has 6 heteroatoms. The molecule has 0 saturated heterocycles. The molecule has 2 aromatic heterocycles. The molecule has 36 heavy (non-hydrogen) atoms. The Bertz CT molecular complexity index is 1340. The SMILES string of the molecule is O=C(CSc1nc(C23CC4CC(CC(C4)C2)C3)nc2sc3c(c12)CCCC3)N1CCc2ccccc21. The van der Waals surface area contributed by atoms with Crippen LogP contribution >= 0.6 is 23.1 Å². The molecule has 0 atom stereocenters. The summed E-state index contributed by atoms with van der Waals surface area (Å²) in [4.78, 5) is 28.9. The van der Waals surface area contributed by atoms with E-state index in [1.807, 2.05) is 22.3 Å². The molecule has 6 aliphatic rings. The van der Waals surface area contributed by atoms with E-state index in [0.29, 0.717) is 5.75 Å². The molecule has 0 radical (unpaired) electrons. The Hall–Kier alpha value is -1.92. The monoisotopic (exact) mass is 515 g/mol. The zero-order chi connectivity index (χ0) is 23.9. The number of thioether (sulfide) groups is 1. The fourth-order valence-corrected chi connectivity index (χ4v) is 10.9. The highest BCUT2D eigenvalue weighted by atomic mass is 32.2. The number of thiophene rings is 1. The minimum absolute atomic E-state index is 0.181. The topological polar surface area (TPSA) is 46.1 Å². The highest BCUT2D eigenvalue weighted by Crippen LogP contribution is 2.60. The molecule has 4 bridgehead atoms. The van der Waals surface area contributed by atoms with E-state index >= 15 is 0 Å². The van der Waals surface area contributed by atoms with Gasteiger partial charge in [-0.05, 0) is 106 Å². The number of carbonyl (C=O) groups excluding carboxylic acids is 1. The van der Waals surface area contributed by atoms with E-state index in [4.69, 9.17) is 9.97 Å². The van der Waals surface area contributed by atoms with Crippen LogP contribution in [0.3, 0.4) is 0 Å². The Morgan fingerprint density at radius 3 is 2.56 bits per heavy atom. The van der Waals surface area contributed by atoms with Gasteiger partial charge < -0.3 is 4.90 Å². The third-order valence-electron chi connectivity index (χ3n) is 9.81. The van der Waals surface area contributed by atoms with E-state index in [2.05, 4.69) is 18.2 Å². The van der Waals surface area contributed by atoms with Crippen LogP contribution < -0.4 is 4.90 Å². The van der Waals surface area contributed by atoms with Gasteiger partial charge in [0, 0.05) is 27.9 Å². The minimum Gasteiger partial charge on any atom is -0.311 e. The van der Waals surface area contributed by atoms with Crippen molar-refractivity contribution in [3.63, 3.8) is 0 Å². The van der Waals surface area contributed by atoms with Gasteiger partial charge in [0.15, 0.2) is 0 Å². The lowest BCUT2D eigenvalue weighted by Gasteiger charge is -2.56. The first-order chi connectivity index (χ1) is 17.6. The van der Waals surface area contributed by atoms with E-state index in [9.17, 15) is 4.79 Å². The summed E-state index contributed by atoms with van der Waals surface area (Å²) in [6, 6.07) is 8.36. The molecular weight excluding hydrogens is 482 g/mol. The van der Waals surface area contributed by atoms with Crippen molar-refractivity contribution in [1.82, 2.24) is 9.97 Å². The molecule has 5 aliphatic carbocycles. The number of nitrogens with zero attached hydrogens (tertiary/aromatic N) is 3. The van der Waals surface area contributed by atoms with Crippen LogP contribution in [0.1, 0.15) is 73.2 Å². The second-order valence-corrected chi connectivity index (χ2v) is 14.2. The van der Waals surface area contributed by atoms with E-state index in [0.717, 1.165) is 53.7 Å². The summed E-state index contributed by atoms with van der Waals surface area (Å²) in [7, 11) is 0. The maximum atomic E-state index is 13.4. The molecule has 0 spiro atoms. The number of anilines is 1.